The Morgan fingerprint density at radius 2 is 1.67 bits per heavy atom. The van der Waals surface area contributed by atoms with E-state index in [2.05, 4.69) is 27.1 Å². The highest BCUT2D eigenvalue weighted by atomic mass is 32.2. The van der Waals surface area contributed by atoms with Crippen molar-refractivity contribution in [3.63, 3.8) is 0 Å². The van der Waals surface area contributed by atoms with Crippen LogP contribution in [0.15, 0.2) is 63.8 Å². The average Bonchev–Trinajstić information content (AvgIpc) is 3.28. The van der Waals surface area contributed by atoms with Crippen LogP contribution in [0.25, 0.3) is 5.57 Å². The molecule has 7 aliphatic rings. The van der Waals surface area contributed by atoms with E-state index in [9.17, 15) is 23.4 Å². The van der Waals surface area contributed by atoms with Gasteiger partial charge in [-0.3, -0.25) is 4.79 Å². The number of carbonyl (C=O) groups is 1. The number of allylic oxidation sites excluding steroid dienone is 1. The number of aliphatic hydroxyl groups excluding tert-OH is 2. The zero-order chi connectivity index (χ0) is 43.7. The second kappa shape index (κ2) is 19.5. The number of nitrogens with one attached hydrogen (secondary N) is 3. The highest BCUT2D eigenvalue weighted by molar-refractivity contribution is 7.89. The van der Waals surface area contributed by atoms with E-state index in [0.29, 0.717) is 24.0 Å². The van der Waals surface area contributed by atoms with E-state index < -0.39 is 40.5 Å². The van der Waals surface area contributed by atoms with E-state index in [4.69, 9.17) is 18.9 Å². The highest BCUT2D eigenvalue weighted by Crippen LogP contribution is 2.53. The third-order valence-electron chi connectivity index (χ3n) is 14.4. The van der Waals surface area contributed by atoms with E-state index in [0.717, 1.165) is 130 Å². The molecule has 3 fully saturated rings. The molecule has 7 atom stereocenters. The van der Waals surface area contributed by atoms with Crippen LogP contribution in [0.2, 0.25) is 0 Å². The number of nitrogens with zero attached hydrogens (tertiary/aromatic N) is 1. The van der Waals surface area contributed by atoms with Gasteiger partial charge >= 0.3 is 0 Å². The second-order valence-electron chi connectivity index (χ2n) is 18.7. The number of carbonyl (C=O) groups excluding carboxylic acids is 1. The molecule has 6 aliphatic heterocycles. The van der Waals surface area contributed by atoms with Crippen LogP contribution in [0, 0.1) is 0 Å². The number of piperidine rings is 2. The fraction of sp³-hybridized carbons (Fsp3) is 0.612. The SMILES string of the molecule is COCC1O[C@H](C)C(OCC(=O)NCCCCCCCCNS(=O)(=O)c2ccccc2C2=C3C=C4CCC[NH+]5CCCC(=C3Oc3c2cc2c6c3CCCN6CCC2)C45)C(O)C1O. The Bertz CT molecular complexity index is 2240. The molecular formula is C49H67N4O9S+. The van der Waals surface area contributed by atoms with Crippen LogP contribution in [0.5, 0.6) is 5.75 Å². The second-order valence-corrected chi connectivity index (χ2v) is 20.4. The minimum atomic E-state index is -3.85. The number of rotatable bonds is 17. The van der Waals surface area contributed by atoms with Crippen LogP contribution < -0.4 is 24.6 Å². The number of methoxy groups -OCH3 is 1. The van der Waals surface area contributed by atoms with Gasteiger partial charge in [-0.2, -0.15) is 0 Å². The molecule has 1 aliphatic carbocycles. The van der Waals surface area contributed by atoms with Crippen molar-refractivity contribution in [2.45, 2.75) is 138 Å². The van der Waals surface area contributed by atoms with Crippen LogP contribution in [0.1, 0.15) is 106 Å². The van der Waals surface area contributed by atoms with Crippen molar-refractivity contribution in [2.75, 3.05) is 64.5 Å². The summed E-state index contributed by atoms with van der Waals surface area (Å²) in [6.45, 7) is 7.03. The predicted octanol–water partition coefficient (Wildman–Crippen LogP) is 3.89. The van der Waals surface area contributed by atoms with E-state index in [1.54, 1.807) is 17.9 Å². The van der Waals surface area contributed by atoms with Crippen LogP contribution in [-0.2, 0) is 41.9 Å². The summed E-state index contributed by atoms with van der Waals surface area (Å²) < 4.78 is 55.4. The molecule has 342 valence electrons. The van der Waals surface area contributed by atoms with Crippen LogP contribution in [0.3, 0.4) is 0 Å². The molecule has 14 heteroatoms. The van der Waals surface area contributed by atoms with Crippen molar-refractivity contribution in [2.24, 2.45) is 0 Å². The summed E-state index contributed by atoms with van der Waals surface area (Å²) in [5.41, 5.74) is 10.7. The molecule has 0 saturated carbocycles. The average molecular weight is 888 g/mol. The Morgan fingerprint density at radius 3 is 2.48 bits per heavy atom. The normalized spacial score (nSPS) is 27.5. The van der Waals surface area contributed by atoms with Crippen molar-refractivity contribution in [1.82, 2.24) is 10.0 Å². The highest BCUT2D eigenvalue weighted by Gasteiger charge is 2.46. The van der Waals surface area contributed by atoms with E-state index >= 15 is 0 Å². The molecule has 2 aromatic carbocycles. The number of aryl methyl sites for hydroxylation is 1. The maximum Gasteiger partial charge on any atom is 0.246 e. The lowest BCUT2D eigenvalue weighted by Gasteiger charge is -2.44. The molecule has 0 bridgehead atoms. The van der Waals surface area contributed by atoms with Gasteiger partial charge in [0.2, 0.25) is 15.9 Å². The lowest BCUT2D eigenvalue weighted by atomic mass is 9.75. The van der Waals surface area contributed by atoms with Gasteiger partial charge in [-0.05, 0) is 87.6 Å². The van der Waals surface area contributed by atoms with Crippen molar-refractivity contribution in [3.05, 3.63) is 81.1 Å². The number of sulfonamides is 1. The molecule has 9 rings (SSSR count). The van der Waals surface area contributed by atoms with Gasteiger partial charge in [0, 0.05) is 85.2 Å². The molecule has 0 aromatic heterocycles. The van der Waals surface area contributed by atoms with Gasteiger partial charge in [0.1, 0.15) is 48.6 Å². The van der Waals surface area contributed by atoms with Gasteiger partial charge < -0.3 is 44.3 Å². The molecule has 0 radical (unpaired) electrons. The maximum absolute atomic E-state index is 14.4. The number of hydrogen-bond donors (Lipinski definition) is 5. The first kappa shape index (κ1) is 44.6. The number of fused-ring (bicyclic) bond motifs is 3. The lowest BCUT2D eigenvalue weighted by molar-refractivity contribution is -0.922. The Kier molecular flexibility index (Phi) is 13.8. The van der Waals surface area contributed by atoms with Gasteiger partial charge in [-0.15, -0.1) is 0 Å². The topological polar surface area (TPSA) is 160 Å². The summed E-state index contributed by atoms with van der Waals surface area (Å²) in [5, 5.41) is 23.7. The maximum atomic E-state index is 14.4. The Labute approximate surface area is 372 Å². The molecular weight excluding hydrogens is 821 g/mol. The van der Waals surface area contributed by atoms with Crippen molar-refractivity contribution in [3.8, 4) is 5.75 Å². The Hall–Kier alpha value is -3.60. The number of ether oxygens (including phenoxy) is 4. The number of hydrogen-bond acceptors (Lipinski definition) is 10. The number of aliphatic hydroxyl groups is 2. The molecule has 3 saturated heterocycles. The number of amides is 1. The number of benzene rings is 2. The molecule has 63 heavy (non-hydrogen) atoms. The van der Waals surface area contributed by atoms with Gasteiger partial charge in [0.05, 0.1) is 30.7 Å². The third kappa shape index (κ3) is 9.03. The summed E-state index contributed by atoms with van der Waals surface area (Å²) >= 11 is 0. The first-order valence-electron chi connectivity index (χ1n) is 23.8. The smallest absolute Gasteiger partial charge is 0.246 e. The largest absolute Gasteiger partial charge is 0.455 e. The minimum absolute atomic E-state index is 0.148. The summed E-state index contributed by atoms with van der Waals surface area (Å²) in [4.78, 5) is 17.0. The molecule has 5 N–H and O–H groups in total. The molecule has 0 spiro atoms. The van der Waals surface area contributed by atoms with Gasteiger partial charge in [0.15, 0.2) is 0 Å². The number of anilines is 1. The summed E-state index contributed by atoms with van der Waals surface area (Å²) in [6.07, 6.45) is 11.9. The zero-order valence-electron chi connectivity index (χ0n) is 37.1. The third-order valence-corrected chi connectivity index (χ3v) is 16.0. The molecule has 6 unspecified atom stereocenters. The quantitative estimate of drug-likeness (QED) is 0.148. The van der Waals surface area contributed by atoms with E-state index in [1.165, 1.54) is 54.6 Å². The molecule has 13 nitrogen and oxygen atoms in total. The van der Waals surface area contributed by atoms with Crippen molar-refractivity contribution < 1.29 is 47.3 Å². The Morgan fingerprint density at radius 1 is 0.921 bits per heavy atom. The summed E-state index contributed by atoms with van der Waals surface area (Å²) in [7, 11) is -2.35. The Balaban J connectivity index is 0.824. The van der Waals surface area contributed by atoms with Crippen LogP contribution >= 0.6 is 0 Å². The first-order valence-corrected chi connectivity index (χ1v) is 25.3. The minimum Gasteiger partial charge on any atom is -0.455 e. The van der Waals surface area contributed by atoms with Gasteiger partial charge in [0.25, 0.3) is 0 Å². The summed E-state index contributed by atoms with van der Waals surface area (Å²) in [5.74, 6) is 1.63. The van der Waals surface area contributed by atoms with E-state index in [1.807, 2.05) is 18.2 Å². The predicted molar refractivity (Wildman–Crippen MR) is 240 cm³/mol. The standard InChI is InChI=1S/C49H66N4O9S/c1-31-47(46(56)45(55)39(61-31)29-59-2)60-30-41(54)50-21-9-5-3-4-6-10-22-51-63(57,58)40-20-8-7-17-34(40)42-37-27-32-15-11-23-52-25-13-18-35(43(32)52)48(37)62-49-36-19-14-26-53-24-12-16-33(44(36)53)28-38(42)49/h7-8,17,20,27-28,31,39,43,45-47,51,55-56H,3-6,9-16,18-19,21-26,29-30H2,1-2H3,(H,50,54)/p+1/t31-,39?,43?,45?,46?,47?/m1/s1. The van der Waals surface area contributed by atoms with E-state index in [-0.39, 0.29) is 19.1 Å². The molecule has 2 aromatic rings. The van der Waals surface area contributed by atoms with Crippen LogP contribution in [0.4, 0.5) is 5.69 Å². The number of quaternary nitrogens is 1. The lowest BCUT2D eigenvalue weighted by Crippen LogP contribution is -3.18. The van der Waals surface area contributed by atoms with Crippen LogP contribution in [-0.4, -0.2) is 121 Å². The zero-order valence-corrected chi connectivity index (χ0v) is 37.9. The molecule has 6 heterocycles. The molecule has 1 amide bonds. The first-order chi connectivity index (χ1) is 30.6. The van der Waals surface area contributed by atoms with Crippen molar-refractivity contribution >= 4 is 27.2 Å². The monoisotopic (exact) mass is 887 g/mol. The fourth-order valence-electron chi connectivity index (χ4n) is 11.5. The van der Waals surface area contributed by atoms with Gasteiger partial charge in [-0.25, -0.2) is 13.1 Å². The fourth-order valence-corrected chi connectivity index (χ4v) is 12.8. The summed E-state index contributed by atoms with van der Waals surface area (Å²) in [6, 6.07) is 10.3. The number of unbranched alkanes of at least 4 members (excludes halogenated alkanes) is 5. The van der Waals surface area contributed by atoms with Crippen molar-refractivity contribution in [1.29, 1.82) is 0 Å². The van der Waals surface area contributed by atoms with Gasteiger partial charge in [-0.1, -0.05) is 43.9 Å².